The molecule has 2 aliphatic rings. The van der Waals surface area contributed by atoms with Gasteiger partial charge in [0.25, 0.3) is 11.8 Å². The lowest BCUT2D eigenvalue weighted by Crippen LogP contribution is -2.54. The molecule has 0 aromatic heterocycles. The van der Waals surface area contributed by atoms with E-state index in [0.29, 0.717) is 17.1 Å². The first-order valence-corrected chi connectivity index (χ1v) is 9.55. The van der Waals surface area contributed by atoms with Crippen LogP contribution < -0.4 is 10.6 Å². The Kier molecular flexibility index (Phi) is 5.88. The molecular formula is C19H22ClN3O5. The normalized spacial score (nSPS) is 24.2. The van der Waals surface area contributed by atoms with Gasteiger partial charge in [0.1, 0.15) is 12.1 Å². The molecule has 3 rings (SSSR count). The van der Waals surface area contributed by atoms with Crippen molar-refractivity contribution < 1.29 is 23.9 Å². The number of para-hydroxylation sites is 1. The summed E-state index contributed by atoms with van der Waals surface area (Å²) in [6.45, 7) is 0.853. The molecule has 4 amide bonds. The van der Waals surface area contributed by atoms with Crippen molar-refractivity contribution in [2.45, 2.75) is 38.1 Å². The highest BCUT2D eigenvalue weighted by atomic mass is 35.5. The van der Waals surface area contributed by atoms with Gasteiger partial charge in [-0.1, -0.05) is 43.5 Å². The first-order valence-electron chi connectivity index (χ1n) is 9.17. The van der Waals surface area contributed by atoms with Crippen LogP contribution >= 0.6 is 11.6 Å². The van der Waals surface area contributed by atoms with Crippen molar-refractivity contribution in [3.63, 3.8) is 0 Å². The summed E-state index contributed by atoms with van der Waals surface area (Å²) < 4.78 is 4.91. The summed E-state index contributed by atoms with van der Waals surface area (Å²) >= 11 is 5.95. The minimum absolute atomic E-state index is 0.000110. The third-order valence-electron chi connectivity index (χ3n) is 5.30. The Hall–Kier alpha value is -2.61. The van der Waals surface area contributed by atoms with Crippen LogP contribution in [0, 0.1) is 5.92 Å². The average Bonchev–Trinajstić information content (AvgIpc) is 2.89. The van der Waals surface area contributed by atoms with Crippen LogP contribution in [0.5, 0.6) is 0 Å². The highest BCUT2D eigenvalue weighted by molar-refractivity contribution is 6.33. The summed E-state index contributed by atoms with van der Waals surface area (Å²) in [4.78, 5) is 49.9. The maximum absolute atomic E-state index is 12.8. The van der Waals surface area contributed by atoms with Gasteiger partial charge < -0.3 is 15.4 Å². The maximum atomic E-state index is 12.8. The smallest absolute Gasteiger partial charge is 0.326 e. The molecule has 1 spiro atoms. The summed E-state index contributed by atoms with van der Waals surface area (Å²) in [5.41, 5.74) is -0.538. The summed E-state index contributed by atoms with van der Waals surface area (Å²) in [7, 11) is 0. The third-order valence-corrected chi connectivity index (χ3v) is 5.63. The van der Waals surface area contributed by atoms with Crippen LogP contribution in [-0.4, -0.2) is 47.4 Å². The van der Waals surface area contributed by atoms with Gasteiger partial charge in [0.05, 0.1) is 10.7 Å². The molecule has 1 aromatic carbocycles. The molecular weight excluding hydrogens is 386 g/mol. The number of nitrogens with one attached hydrogen (secondary N) is 2. The molecule has 0 bridgehead atoms. The van der Waals surface area contributed by atoms with Crippen molar-refractivity contribution in [3.8, 4) is 0 Å². The highest BCUT2D eigenvalue weighted by Crippen LogP contribution is 2.38. The first-order chi connectivity index (χ1) is 13.3. The SMILES string of the molecule is C[C@@H]1CCCC[C@@]12NC(=O)N(CC(=O)OCC(=O)Nc1ccccc1Cl)C2=O. The van der Waals surface area contributed by atoms with E-state index in [4.69, 9.17) is 16.3 Å². The number of nitrogens with zero attached hydrogens (tertiary/aromatic N) is 1. The van der Waals surface area contributed by atoms with Crippen LogP contribution in [0.2, 0.25) is 5.02 Å². The number of halogens is 1. The fourth-order valence-corrected chi connectivity index (χ4v) is 3.89. The van der Waals surface area contributed by atoms with Crippen LogP contribution in [0.3, 0.4) is 0 Å². The van der Waals surface area contributed by atoms with Gasteiger partial charge in [-0.25, -0.2) is 4.79 Å². The molecule has 0 radical (unpaired) electrons. The van der Waals surface area contributed by atoms with Gasteiger partial charge in [0.2, 0.25) is 0 Å². The van der Waals surface area contributed by atoms with E-state index in [1.807, 2.05) is 6.92 Å². The topological polar surface area (TPSA) is 105 Å². The second-order valence-electron chi connectivity index (χ2n) is 7.13. The number of rotatable bonds is 5. The number of amides is 4. The zero-order valence-electron chi connectivity index (χ0n) is 15.5. The Morgan fingerprint density at radius 1 is 1.32 bits per heavy atom. The number of hydrogen-bond donors (Lipinski definition) is 2. The van der Waals surface area contributed by atoms with E-state index >= 15 is 0 Å². The molecule has 1 saturated carbocycles. The van der Waals surface area contributed by atoms with Crippen molar-refractivity contribution in [1.82, 2.24) is 10.2 Å². The molecule has 28 heavy (non-hydrogen) atoms. The molecule has 150 valence electrons. The quantitative estimate of drug-likeness (QED) is 0.575. The Balaban J connectivity index is 1.53. The van der Waals surface area contributed by atoms with Gasteiger partial charge in [-0.15, -0.1) is 0 Å². The number of imide groups is 1. The Morgan fingerprint density at radius 3 is 2.79 bits per heavy atom. The number of carbonyl (C=O) groups excluding carboxylic acids is 4. The fourth-order valence-electron chi connectivity index (χ4n) is 3.71. The Labute approximate surface area is 167 Å². The molecule has 1 aliphatic heterocycles. The van der Waals surface area contributed by atoms with E-state index in [9.17, 15) is 19.2 Å². The number of benzene rings is 1. The fraction of sp³-hybridized carbons (Fsp3) is 0.474. The number of anilines is 1. The van der Waals surface area contributed by atoms with Gasteiger partial charge >= 0.3 is 12.0 Å². The average molecular weight is 408 g/mol. The van der Waals surface area contributed by atoms with E-state index in [1.54, 1.807) is 24.3 Å². The van der Waals surface area contributed by atoms with Crippen LogP contribution in [-0.2, 0) is 19.1 Å². The van der Waals surface area contributed by atoms with Crippen molar-refractivity contribution in [3.05, 3.63) is 29.3 Å². The van der Waals surface area contributed by atoms with Gasteiger partial charge in [0, 0.05) is 0 Å². The summed E-state index contributed by atoms with van der Waals surface area (Å²) in [5, 5.41) is 5.64. The molecule has 0 unspecified atom stereocenters. The maximum Gasteiger partial charge on any atom is 0.326 e. The monoisotopic (exact) mass is 407 g/mol. The van der Waals surface area contributed by atoms with Crippen molar-refractivity contribution in [2.24, 2.45) is 5.92 Å². The molecule has 2 atom stereocenters. The van der Waals surface area contributed by atoms with E-state index in [1.165, 1.54) is 0 Å². The van der Waals surface area contributed by atoms with Gasteiger partial charge in [0.15, 0.2) is 6.61 Å². The summed E-state index contributed by atoms with van der Waals surface area (Å²) in [6.07, 6.45) is 3.25. The van der Waals surface area contributed by atoms with Crippen molar-refractivity contribution >= 4 is 41.1 Å². The van der Waals surface area contributed by atoms with E-state index in [2.05, 4.69) is 10.6 Å². The van der Waals surface area contributed by atoms with Crippen LogP contribution in [0.1, 0.15) is 32.6 Å². The van der Waals surface area contributed by atoms with E-state index < -0.39 is 42.5 Å². The zero-order chi connectivity index (χ0) is 20.3. The second kappa shape index (κ2) is 8.18. The minimum atomic E-state index is -0.933. The molecule has 1 saturated heterocycles. The predicted molar refractivity (Wildman–Crippen MR) is 102 cm³/mol. The van der Waals surface area contributed by atoms with Gasteiger partial charge in [-0.05, 0) is 30.9 Å². The van der Waals surface area contributed by atoms with E-state index in [0.717, 1.165) is 24.2 Å². The van der Waals surface area contributed by atoms with Crippen molar-refractivity contribution in [2.75, 3.05) is 18.5 Å². The van der Waals surface area contributed by atoms with E-state index in [-0.39, 0.29) is 5.92 Å². The number of ether oxygens (including phenoxy) is 1. The molecule has 1 aliphatic carbocycles. The molecule has 2 fully saturated rings. The number of urea groups is 1. The lowest BCUT2D eigenvalue weighted by molar-refractivity contribution is -0.150. The highest BCUT2D eigenvalue weighted by Gasteiger charge is 2.55. The number of hydrogen-bond acceptors (Lipinski definition) is 5. The minimum Gasteiger partial charge on any atom is -0.454 e. The van der Waals surface area contributed by atoms with Gasteiger partial charge in [-0.2, -0.15) is 0 Å². The molecule has 8 nitrogen and oxygen atoms in total. The lowest BCUT2D eigenvalue weighted by Gasteiger charge is -2.36. The molecule has 9 heteroatoms. The van der Waals surface area contributed by atoms with Crippen molar-refractivity contribution in [1.29, 1.82) is 0 Å². The first kappa shape index (κ1) is 20.1. The zero-order valence-corrected chi connectivity index (χ0v) is 16.3. The predicted octanol–water partition coefficient (Wildman–Crippen LogP) is 2.32. The molecule has 1 heterocycles. The van der Waals surface area contributed by atoms with Crippen LogP contribution in [0.4, 0.5) is 10.5 Å². The lowest BCUT2D eigenvalue weighted by atomic mass is 9.73. The summed E-state index contributed by atoms with van der Waals surface area (Å²) in [5.74, 6) is -1.81. The Morgan fingerprint density at radius 2 is 2.07 bits per heavy atom. The largest absolute Gasteiger partial charge is 0.454 e. The Bertz CT molecular complexity index is 815. The summed E-state index contributed by atoms with van der Waals surface area (Å²) in [6, 6.07) is 6.04. The molecule has 1 aromatic rings. The molecule has 2 N–H and O–H groups in total. The second-order valence-corrected chi connectivity index (χ2v) is 7.54. The number of carbonyl (C=O) groups is 4. The standard InChI is InChI=1S/C19H22ClN3O5/c1-12-6-4-5-9-19(12)17(26)23(18(27)22-19)10-16(25)28-11-15(24)21-14-8-3-2-7-13(14)20/h2-3,7-8,12H,4-6,9-11H2,1H3,(H,21,24)(H,22,27)/t12-,19-/m1/s1. The third kappa shape index (κ3) is 3.96. The van der Waals surface area contributed by atoms with Crippen LogP contribution in [0.25, 0.3) is 0 Å². The van der Waals surface area contributed by atoms with Crippen LogP contribution in [0.15, 0.2) is 24.3 Å². The number of esters is 1. The van der Waals surface area contributed by atoms with Gasteiger partial charge in [-0.3, -0.25) is 19.3 Å².